The largest absolute Gasteiger partial charge is 0.494 e. The minimum absolute atomic E-state index is 0.00569. The Bertz CT molecular complexity index is 1310. The van der Waals surface area contributed by atoms with Crippen LogP contribution in [0.3, 0.4) is 0 Å². The molecule has 0 bridgehead atoms. The van der Waals surface area contributed by atoms with Crippen LogP contribution in [0.2, 0.25) is 0 Å². The minimum Gasteiger partial charge on any atom is -0.494 e. The highest BCUT2D eigenvalue weighted by Gasteiger charge is 2.35. The number of hydrogen-bond acceptors (Lipinski definition) is 9. The lowest BCUT2D eigenvalue weighted by atomic mass is 9.82. The summed E-state index contributed by atoms with van der Waals surface area (Å²) >= 11 is 0. The molecule has 0 saturated carbocycles. The molecular formula is C19H18F2N2O7S2. The van der Waals surface area contributed by atoms with Gasteiger partial charge in [-0.05, 0) is 0 Å². The molecule has 172 valence electrons. The van der Waals surface area contributed by atoms with Gasteiger partial charge in [0.2, 0.25) is 0 Å². The molecular weight excluding hydrogens is 470 g/mol. The lowest BCUT2D eigenvalue weighted by Gasteiger charge is -2.25. The van der Waals surface area contributed by atoms with Gasteiger partial charge >= 0.3 is 20.4 Å². The molecule has 0 saturated heterocycles. The molecule has 9 nitrogen and oxygen atoms in total. The zero-order valence-corrected chi connectivity index (χ0v) is 18.3. The van der Waals surface area contributed by atoms with Crippen molar-refractivity contribution in [3.63, 3.8) is 0 Å². The quantitative estimate of drug-likeness (QED) is 0.433. The summed E-state index contributed by atoms with van der Waals surface area (Å²) in [5.41, 5.74) is -0.0868. The smallest absolute Gasteiger partial charge is 0.304 e. The Morgan fingerprint density at radius 1 is 0.844 bits per heavy atom. The van der Waals surface area contributed by atoms with Gasteiger partial charge < -0.3 is 15.4 Å². The standard InChI is InChI=1S/C19H18F2N2O7S2/c1-30-14-10-13(22-6-8-31(20,26)27)15-16(17(14)23-7-9-32(21,28)29)19(25)12-5-3-2-4-11(12)18(15)24/h2-5,10,22-23H,6-9H2,1H3. The molecule has 0 amide bonds. The van der Waals surface area contributed by atoms with E-state index in [9.17, 15) is 34.2 Å². The number of methoxy groups -OCH3 is 1. The van der Waals surface area contributed by atoms with E-state index in [1.807, 2.05) is 0 Å². The highest BCUT2D eigenvalue weighted by Crippen LogP contribution is 2.42. The maximum absolute atomic E-state index is 13.3. The SMILES string of the molecule is COc1cc(NCCS(=O)(=O)F)c2c(c1NCCS(=O)(=O)F)C(=O)c1ccccc1C2=O. The molecule has 0 fully saturated rings. The molecule has 2 aromatic carbocycles. The average molecular weight is 488 g/mol. The van der Waals surface area contributed by atoms with Gasteiger partial charge in [-0.1, -0.05) is 24.3 Å². The van der Waals surface area contributed by atoms with Gasteiger partial charge in [0.05, 0.1) is 35.4 Å². The van der Waals surface area contributed by atoms with Gasteiger partial charge in [-0.3, -0.25) is 9.59 Å². The van der Waals surface area contributed by atoms with Crippen LogP contribution in [0, 0.1) is 0 Å². The van der Waals surface area contributed by atoms with Crippen LogP contribution in [0.1, 0.15) is 31.8 Å². The van der Waals surface area contributed by atoms with Crippen molar-refractivity contribution in [2.45, 2.75) is 0 Å². The zero-order chi connectivity index (χ0) is 23.7. The molecule has 0 aromatic heterocycles. The van der Waals surface area contributed by atoms with Gasteiger partial charge in [-0.2, -0.15) is 16.8 Å². The van der Waals surface area contributed by atoms with E-state index in [-0.39, 0.29) is 39.4 Å². The fraction of sp³-hybridized carbons (Fsp3) is 0.263. The van der Waals surface area contributed by atoms with Gasteiger partial charge in [0.1, 0.15) is 5.75 Å². The van der Waals surface area contributed by atoms with Crippen LogP contribution < -0.4 is 15.4 Å². The van der Waals surface area contributed by atoms with Crippen molar-refractivity contribution in [2.24, 2.45) is 0 Å². The first kappa shape index (κ1) is 23.6. The monoisotopic (exact) mass is 488 g/mol. The first-order valence-corrected chi connectivity index (χ1v) is 12.3. The van der Waals surface area contributed by atoms with E-state index in [1.165, 1.54) is 25.3 Å². The van der Waals surface area contributed by atoms with Gasteiger partial charge in [0.25, 0.3) is 0 Å². The number of ketones is 2. The summed E-state index contributed by atoms with van der Waals surface area (Å²) in [4.78, 5) is 26.5. The number of rotatable bonds is 9. The number of carbonyl (C=O) groups excluding carboxylic acids is 2. The predicted molar refractivity (Wildman–Crippen MR) is 113 cm³/mol. The third-order valence-corrected chi connectivity index (χ3v) is 6.07. The summed E-state index contributed by atoms with van der Waals surface area (Å²) in [6, 6.07) is 7.29. The molecule has 0 aliphatic heterocycles. The first-order valence-electron chi connectivity index (χ1n) is 9.19. The summed E-state index contributed by atoms with van der Waals surface area (Å²) in [6.07, 6.45) is 0. The Kier molecular flexibility index (Phi) is 6.51. The Balaban J connectivity index is 2.15. The van der Waals surface area contributed by atoms with Gasteiger partial charge in [0, 0.05) is 36.0 Å². The Labute approximate surface area is 183 Å². The van der Waals surface area contributed by atoms with Gasteiger partial charge in [0.15, 0.2) is 11.6 Å². The summed E-state index contributed by atoms with van der Waals surface area (Å²) in [5, 5.41) is 5.27. The second-order valence-corrected chi connectivity index (χ2v) is 9.77. The van der Waals surface area contributed by atoms with Crippen LogP contribution in [-0.4, -0.2) is 60.1 Å². The van der Waals surface area contributed by atoms with E-state index in [0.717, 1.165) is 0 Å². The van der Waals surface area contributed by atoms with Crippen molar-refractivity contribution < 1.29 is 38.9 Å². The van der Waals surface area contributed by atoms with E-state index in [1.54, 1.807) is 12.1 Å². The van der Waals surface area contributed by atoms with Crippen molar-refractivity contribution in [2.75, 3.05) is 42.3 Å². The molecule has 3 rings (SSSR count). The first-order chi connectivity index (χ1) is 14.9. The van der Waals surface area contributed by atoms with E-state index < -0.39 is 56.6 Å². The van der Waals surface area contributed by atoms with Crippen LogP contribution in [0.25, 0.3) is 0 Å². The maximum Gasteiger partial charge on any atom is 0.304 e. The van der Waals surface area contributed by atoms with Crippen LogP contribution in [0.15, 0.2) is 30.3 Å². The van der Waals surface area contributed by atoms with E-state index in [4.69, 9.17) is 4.74 Å². The number of hydrogen-bond donors (Lipinski definition) is 2. The van der Waals surface area contributed by atoms with Crippen molar-refractivity contribution in [1.82, 2.24) is 0 Å². The number of anilines is 2. The summed E-state index contributed by atoms with van der Waals surface area (Å²) in [5.74, 6) is -2.91. The van der Waals surface area contributed by atoms with Crippen LogP contribution in [0.4, 0.5) is 19.1 Å². The molecule has 0 spiro atoms. The van der Waals surface area contributed by atoms with Crippen LogP contribution in [0.5, 0.6) is 5.75 Å². The predicted octanol–water partition coefficient (Wildman–Crippen LogP) is 1.89. The van der Waals surface area contributed by atoms with E-state index >= 15 is 0 Å². The van der Waals surface area contributed by atoms with E-state index in [0.29, 0.717) is 0 Å². The number of fused-ring (bicyclic) bond motifs is 2. The molecule has 0 atom stereocenters. The zero-order valence-electron chi connectivity index (χ0n) is 16.6. The number of carbonyl (C=O) groups is 2. The van der Waals surface area contributed by atoms with Crippen molar-refractivity contribution >= 4 is 43.4 Å². The molecule has 32 heavy (non-hydrogen) atoms. The summed E-state index contributed by atoms with van der Waals surface area (Å²) in [7, 11) is -8.34. The lowest BCUT2D eigenvalue weighted by Crippen LogP contribution is -2.26. The average Bonchev–Trinajstić information content (AvgIpc) is 2.70. The highest BCUT2D eigenvalue weighted by molar-refractivity contribution is 7.86. The molecule has 0 unspecified atom stereocenters. The molecule has 0 heterocycles. The number of benzene rings is 2. The molecule has 1 aliphatic rings. The third kappa shape index (κ3) is 5.05. The molecule has 0 radical (unpaired) electrons. The highest BCUT2D eigenvalue weighted by atomic mass is 32.3. The molecule has 2 aromatic rings. The summed E-state index contributed by atoms with van der Waals surface area (Å²) in [6.45, 7) is -0.817. The molecule has 2 N–H and O–H groups in total. The van der Waals surface area contributed by atoms with Crippen LogP contribution in [-0.2, 0) is 20.4 Å². The minimum atomic E-state index is -4.80. The Morgan fingerprint density at radius 2 is 1.34 bits per heavy atom. The topological polar surface area (TPSA) is 136 Å². The normalized spacial score (nSPS) is 13.3. The second kappa shape index (κ2) is 8.82. The van der Waals surface area contributed by atoms with Crippen molar-refractivity contribution in [1.29, 1.82) is 0 Å². The summed E-state index contributed by atoms with van der Waals surface area (Å²) < 4.78 is 74.4. The Hall–Kier alpha value is -3.06. The van der Waals surface area contributed by atoms with Crippen molar-refractivity contribution in [3.8, 4) is 5.75 Å². The van der Waals surface area contributed by atoms with Gasteiger partial charge in [-0.15, -0.1) is 7.77 Å². The fourth-order valence-electron chi connectivity index (χ4n) is 3.35. The Morgan fingerprint density at radius 3 is 1.84 bits per heavy atom. The molecule has 13 heteroatoms. The van der Waals surface area contributed by atoms with Crippen LogP contribution >= 0.6 is 0 Å². The number of halogens is 2. The molecule has 1 aliphatic carbocycles. The lowest BCUT2D eigenvalue weighted by molar-refractivity contribution is 0.0980. The van der Waals surface area contributed by atoms with Gasteiger partial charge in [-0.25, -0.2) is 0 Å². The number of nitrogens with one attached hydrogen (secondary N) is 2. The third-order valence-electron chi connectivity index (χ3n) is 4.69. The number of ether oxygens (including phenoxy) is 1. The maximum atomic E-state index is 13.3. The van der Waals surface area contributed by atoms with Crippen molar-refractivity contribution in [3.05, 3.63) is 52.6 Å². The fourth-order valence-corrected chi connectivity index (χ4v) is 4.04. The second-order valence-electron chi connectivity index (χ2n) is 6.79. The van der Waals surface area contributed by atoms with E-state index in [2.05, 4.69) is 10.6 Å².